The van der Waals surface area contributed by atoms with E-state index in [9.17, 15) is 9.90 Å². The van der Waals surface area contributed by atoms with Gasteiger partial charge in [-0.05, 0) is 47.0 Å². The van der Waals surface area contributed by atoms with E-state index in [4.69, 9.17) is 23.2 Å². The summed E-state index contributed by atoms with van der Waals surface area (Å²) in [4.78, 5) is 21.3. The highest BCUT2D eigenvalue weighted by Crippen LogP contribution is 2.47. The molecule has 1 fully saturated rings. The lowest BCUT2D eigenvalue weighted by Gasteiger charge is -2.49. The van der Waals surface area contributed by atoms with Crippen LogP contribution in [0.25, 0.3) is 0 Å². The highest BCUT2D eigenvalue weighted by atomic mass is 35.5. The summed E-state index contributed by atoms with van der Waals surface area (Å²) in [6.45, 7) is 1.02. The summed E-state index contributed by atoms with van der Waals surface area (Å²) in [5.74, 6) is -0.0331. The van der Waals surface area contributed by atoms with Crippen LogP contribution in [-0.4, -0.2) is 38.9 Å². The van der Waals surface area contributed by atoms with E-state index < -0.39 is 11.9 Å². The number of benzene rings is 2. The molecule has 1 aromatic heterocycles. The number of pyridine rings is 1. The largest absolute Gasteiger partial charge is 0.374 e. The first-order chi connectivity index (χ1) is 14.5. The first kappa shape index (κ1) is 19.5. The summed E-state index contributed by atoms with van der Waals surface area (Å²) < 4.78 is 0. The second-order valence-electron chi connectivity index (χ2n) is 7.59. The van der Waals surface area contributed by atoms with Gasteiger partial charge in [-0.3, -0.25) is 4.79 Å². The molecular formula is C23H19Cl2N3O2. The fraction of sp³-hybridized carbons (Fsp3) is 0.217. The first-order valence-electron chi connectivity index (χ1n) is 9.73. The van der Waals surface area contributed by atoms with Gasteiger partial charge in [0, 0.05) is 36.3 Å². The van der Waals surface area contributed by atoms with E-state index in [-0.39, 0.29) is 5.91 Å². The third-order valence-electron chi connectivity index (χ3n) is 6.07. The van der Waals surface area contributed by atoms with Crippen molar-refractivity contribution >= 4 is 29.1 Å². The van der Waals surface area contributed by atoms with Gasteiger partial charge in [0.15, 0.2) is 0 Å². The number of fused-ring (bicyclic) bond motifs is 2. The van der Waals surface area contributed by atoms with Crippen molar-refractivity contribution in [1.29, 1.82) is 0 Å². The van der Waals surface area contributed by atoms with Crippen molar-refractivity contribution in [2.75, 3.05) is 13.1 Å². The zero-order valence-electron chi connectivity index (χ0n) is 16.0. The monoisotopic (exact) mass is 439 g/mol. The molecule has 0 saturated carbocycles. The van der Waals surface area contributed by atoms with Gasteiger partial charge in [-0.15, -0.1) is 0 Å². The van der Waals surface area contributed by atoms with Crippen LogP contribution in [0.2, 0.25) is 10.2 Å². The Hall–Kier alpha value is -2.44. The first-order valence-corrected chi connectivity index (χ1v) is 10.5. The molecule has 7 heteroatoms. The number of hydrogen-bond donors (Lipinski definition) is 1. The van der Waals surface area contributed by atoms with E-state index in [1.807, 2.05) is 58.3 Å². The summed E-state index contributed by atoms with van der Waals surface area (Å²) in [6.07, 6.45) is 1.18. The minimum absolute atomic E-state index is 0.0331. The van der Waals surface area contributed by atoms with E-state index in [0.29, 0.717) is 40.8 Å². The maximum Gasteiger partial charge on any atom is 0.255 e. The molecule has 5 nitrogen and oxygen atoms in total. The minimum atomic E-state index is -0.954. The van der Waals surface area contributed by atoms with E-state index in [2.05, 4.69) is 4.98 Å². The molecular weight excluding hydrogens is 421 g/mol. The maximum absolute atomic E-state index is 13.5. The van der Waals surface area contributed by atoms with Crippen LogP contribution in [0.3, 0.4) is 0 Å². The number of carbonyl (C=O) groups is 1. The molecule has 2 aromatic carbocycles. The van der Waals surface area contributed by atoms with Crippen LogP contribution in [0.5, 0.6) is 0 Å². The molecule has 3 heterocycles. The van der Waals surface area contributed by atoms with Crippen molar-refractivity contribution in [2.45, 2.75) is 18.3 Å². The molecule has 0 bridgehead atoms. The second-order valence-corrected chi connectivity index (χ2v) is 8.42. The zero-order valence-corrected chi connectivity index (χ0v) is 17.5. The van der Waals surface area contributed by atoms with Crippen LogP contribution >= 0.6 is 23.2 Å². The Labute approximate surface area is 184 Å². The van der Waals surface area contributed by atoms with Crippen molar-refractivity contribution in [3.05, 3.63) is 99.3 Å². The molecule has 2 aliphatic rings. The van der Waals surface area contributed by atoms with Crippen molar-refractivity contribution in [3.63, 3.8) is 0 Å². The standard InChI is InChI=1S/C23H19Cl2N3O2/c24-18-7-5-17(6-8-18)23-14-16-3-1-2-4-19(16)22(30)28(23)12-11-27(23)21(29)15-9-10-26-20(25)13-15/h1-10,13,21,29H,11-12,14H2. The molecule has 2 unspecified atom stereocenters. The van der Waals surface area contributed by atoms with Gasteiger partial charge in [-0.25, -0.2) is 9.88 Å². The molecule has 5 rings (SSSR count). The van der Waals surface area contributed by atoms with Crippen LogP contribution in [0, 0.1) is 0 Å². The third kappa shape index (κ3) is 2.93. The number of amides is 1. The van der Waals surface area contributed by atoms with E-state index in [1.165, 1.54) is 0 Å². The van der Waals surface area contributed by atoms with Crippen LogP contribution in [-0.2, 0) is 12.1 Å². The molecule has 2 atom stereocenters. The Balaban J connectivity index is 1.68. The number of aliphatic hydroxyl groups is 1. The van der Waals surface area contributed by atoms with Gasteiger partial charge in [-0.1, -0.05) is 53.5 Å². The lowest BCUT2D eigenvalue weighted by atomic mass is 9.83. The fourth-order valence-corrected chi connectivity index (χ4v) is 5.02. The Morgan fingerprint density at radius 2 is 1.80 bits per heavy atom. The Morgan fingerprint density at radius 1 is 1.03 bits per heavy atom. The fourth-order valence-electron chi connectivity index (χ4n) is 4.72. The molecule has 1 N–H and O–H groups in total. The highest BCUT2D eigenvalue weighted by molar-refractivity contribution is 6.30. The topological polar surface area (TPSA) is 56.7 Å². The van der Waals surface area contributed by atoms with E-state index in [0.717, 1.165) is 11.1 Å². The minimum Gasteiger partial charge on any atom is -0.374 e. The number of carbonyl (C=O) groups excluding carboxylic acids is 1. The summed E-state index contributed by atoms with van der Waals surface area (Å²) in [5.41, 5.74) is 2.39. The quantitative estimate of drug-likeness (QED) is 0.619. The van der Waals surface area contributed by atoms with Gasteiger partial charge in [0.05, 0.1) is 0 Å². The zero-order chi connectivity index (χ0) is 20.9. The van der Waals surface area contributed by atoms with Gasteiger partial charge in [0.2, 0.25) is 0 Å². The normalized spacial score (nSPS) is 22.0. The van der Waals surface area contributed by atoms with E-state index in [1.54, 1.807) is 18.3 Å². The van der Waals surface area contributed by atoms with Gasteiger partial charge >= 0.3 is 0 Å². The average Bonchev–Trinajstić information content (AvgIpc) is 3.14. The molecule has 0 aliphatic carbocycles. The second kappa shape index (κ2) is 7.36. The molecule has 152 valence electrons. The van der Waals surface area contributed by atoms with Crippen LogP contribution < -0.4 is 0 Å². The van der Waals surface area contributed by atoms with Gasteiger partial charge in [0.1, 0.15) is 17.0 Å². The van der Waals surface area contributed by atoms with Gasteiger partial charge < -0.3 is 10.0 Å². The number of rotatable bonds is 3. The summed E-state index contributed by atoms with van der Waals surface area (Å²) in [5, 5.41) is 12.3. The molecule has 0 spiro atoms. The predicted octanol–water partition coefficient (Wildman–Crippen LogP) is 4.25. The van der Waals surface area contributed by atoms with Crippen LogP contribution in [0.15, 0.2) is 66.9 Å². The highest BCUT2D eigenvalue weighted by Gasteiger charge is 2.55. The van der Waals surface area contributed by atoms with Gasteiger partial charge in [0.25, 0.3) is 5.91 Å². The molecule has 3 aromatic rings. The smallest absolute Gasteiger partial charge is 0.255 e. The molecule has 30 heavy (non-hydrogen) atoms. The van der Waals surface area contributed by atoms with Gasteiger partial charge in [-0.2, -0.15) is 0 Å². The average molecular weight is 440 g/mol. The summed E-state index contributed by atoms with van der Waals surface area (Å²) in [6, 6.07) is 18.6. The summed E-state index contributed by atoms with van der Waals surface area (Å²) >= 11 is 12.2. The SMILES string of the molecule is O=C1c2ccccc2CC2(c3ccc(Cl)cc3)N1CCN2C(O)c1ccnc(Cl)c1. The Morgan fingerprint density at radius 3 is 2.57 bits per heavy atom. The van der Waals surface area contributed by atoms with Crippen molar-refractivity contribution in [3.8, 4) is 0 Å². The Bertz CT molecular complexity index is 1120. The predicted molar refractivity (Wildman–Crippen MR) is 115 cm³/mol. The third-order valence-corrected chi connectivity index (χ3v) is 6.53. The lowest BCUT2D eigenvalue weighted by molar-refractivity contribution is -0.0908. The lowest BCUT2D eigenvalue weighted by Crippen LogP contribution is -2.57. The number of hydrogen-bond acceptors (Lipinski definition) is 4. The number of aliphatic hydroxyl groups excluding tert-OH is 1. The van der Waals surface area contributed by atoms with Crippen molar-refractivity contribution in [2.24, 2.45) is 0 Å². The van der Waals surface area contributed by atoms with Crippen LogP contribution in [0.4, 0.5) is 0 Å². The number of nitrogens with zero attached hydrogens (tertiary/aromatic N) is 3. The van der Waals surface area contributed by atoms with Crippen molar-refractivity contribution in [1.82, 2.24) is 14.8 Å². The molecule has 1 amide bonds. The molecule has 1 saturated heterocycles. The molecule has 2 aliphatic heterocycles. The van der Waals surface area contributed by atoms with Crippen molar-refractivity contribution < 1.29 is 9.90 Å². The number of halogens is 2. The van der Waals surface area contributed by atoms with E-state index >= 15 is 0 Å². The summed E-state index contributed by atoms with van der Waals surface area (Å²) in [7, 11) is 0. The molecule has 0 radical (unpaired) electrons. The van der Waals surface area contributed by atoms with Crippen LogP contribution in [0.1, 0.15) is 33.3 Å². The Kier molecular flexibility index (Phi) is 4.79. The maximum atomic E-state index is 13.5. The number of aromatic nitrogens is 1.